The third kappa shape index (κ3) is 4.79. The third-order valence-electron chi connectivity index (χ3n) is 3.41. The van der Waals surface area contributed by atoms with E-state index in [9.17, 15) is 4.79 Å². The number of benzene rings is 1. The van der Waals surface area contributed by atoms with E-state index in [1.54, 1.807) is 0 Å². The van der Waals surface area contributed by atoms with Gasteiger partial charge in [-0.1, -0.05) is 28.1 Å². The summed E-state index contributed by atoms with van der Waals surface area (Å²) in [6.45, 7) is 3.05. The predicted octanol–water partition coefficient (Wildman–Crippen LogP) is 3.48. The molecule has 0 aromatic heterocycles. The highest BCUT2D eigenvalue weighted by atomic mass is 79.9. The summed E-state index contributed by atoms with van der Waals surface area (Å²) in [7, 11) is 0. The summed E-state index contributed by atoms with van der Waals surface area (Å²) in [4.78, 5) is 12.9. The lowest BCUT2D eigenvalue weighted by atomic mass is 10.00. The van der Waals surface area contributed by atoms with Crippen molar-refractivity contribution in [2.45, 2.75) is 32.2 Å². The number of unbranched alkanes of at least 4 members (excludes halogenated alkanes) is 1. The van der Waals surface area contributed by atoms with Gasteiger partial charge in [-0.2, -0.15) is 0 Å². The fraction of sp³-hybridized carbons (Fsp3) is 0.500. The monoisotopic (exact) mass is 347 g/mol. The molecule has 0 amide bonds. The van der Waals surface area contributed by atoms with Gasteiger partial charge in [0, 0.05) is 24.0 Å². The molecule has 1 aromatic rings. The fourth-order valence-corrected chi connectivity index (χ4v) is 2.93. The average molecular weight is 349 g/mol. The molecule has 1 aromatic carbocycles. The molecule has 106 valence electrons. The minimum atomic E-state index is -0.693. The normalized spacial score (nSPS) is 14.6. The quantitative estimate of drug-likeness (QED) is 0.828. The van der Waals surface area contributed by atoms with Gasteiger partial charge in [0.05, 0.1) is 0 Å². The molecule has 1 aliphatic rings. The van der Waals surface area contributed by atoms with Crippen LogP contribution in [0, 0.1) is 0 Å². The van der Waals surface area contributed by atoms with Gasteiger partial charge in [0.2, 0.25) is 0 Å². The van der Waals surface area contributed by atoms with Crippen LogP contribution in [0.4, 0.5) is 0 Å². The second kappa shape index (κ2) is 7.88. The summed E-state index contributed by atoms with van der Waals surface area (Å²) in [5.41, 5.74) is 2.83. The van der Waals surface area contributed by atoms with Crippen LogP contribution in [0.2, 0.25) is 0 Å². The molecule has 0 atom stereocenters. The van der Waals surface area contributed by atoms with Crippen LogP contribution >= 0.6 is 28.3 Å². The van der Waals surface area contributed by atoms with Gasteiger partial charge in [-0.3, -0.25) is 9.69 Å². The molecule has 0 aliphatic carbocycles. The highest BCUT2D eigenvalue weighted by molar-refractivity contribution is 9.10. The van der Waals surface area contributed by atoms with E-state index in [0.29, 0.717) is 0 Å². The first-order chi connectivity index (χ1) is 8.66. The molecule has 1 aliphatic heterocycles. The molecule has 0 unspecified atom stereocenters. The van der Waals surface area contributed by atoms with E-state index in [1.165, 1.54) is 15.6 Å². The predicted molar refractivity (Wildman–Crippen MR) is 81.9 cm³/mol. The minimum Gasteiger partial charge on any atom is -0.481 e. The van der Waals surface area contributed by atoms with E-state index in [1.807, 2.05) is 0 Å². The summed E-state index contributed by atoms with van der Waals surface area (Å²) >= 11 is 3.61. The van der Waals surface area contributed by atoms with Gasteiger partial charge >= 0.3 is 5.97 Å². The first kappa shape index (κ1) is 16.5. The van der Waals surface area contributed by atoms with Crippen LogP contribution in [0.15, 0.2) is 22.7 Å². The first-order valence-corrected chi connectivity index (χ1v) is 7.16. The first-order valence-electron chi connectivity index (χ1n) is 6.37. The van der Waals surface area contributed by atoms with Crippen LogP contribution in [0.1, 0.15) is 30.4 Å². The number of halogens is 2. The number of rotatable bonds is 5. The molecular formula is C14H19BrClNO2. The van der Waals surface area contributed by atoms with E-state index in [0.717, 1.165) is 38.9 Å². The topological polar surface area (TPSA) is 40.5 Å². The second-order valence-electron chi connectivity index (χ2n) is 4.75. The van der Waals surface area contributed by atoms with Crippen molar-refractivity contribution in [2.75, 3.05) is 13.1 Å². The van der Waals surface area contributed by atoms with Gasteiger partial charge in [0.1, 0.15) is 0 Å². The summed E-state index contributed by atoms with van der Waals surface area (Å²) in [5, 5.41) is 8.60. The zero-order chi connectivity index (χ0) is 13.0. The van der Waals surface area contributed by atoms with E-state index in [2.05, 4.69) is 39.0 Å². The molecule has 0 spiro atoms. The fourth-order valence-electron chi connectivity index (χ4n) is 2.40. The number of carboxylic acids is 1. The van der Waals surface area contributed by atoms with Crippen molar-refractivity contribution in [1.29, 1.82) is 0 Å². The summed E-state index contributed by atoms with van der Waals surface area (Å²) in [6, 6.07) is 6.38. The molecular weight excluding hydrogens is 330 g/mol. The van der Waals surface area contributed by atoms with Crippen molar-refractivity contribution < 1.29 is 9.90 Å². The molecule has 1 heterocycles. The number of carboxylic acid groups (broad SMARTS) is 1. The Morgan fingerprint density at radius 2 is 2.16 bits per heavy atom. The maximum Gasteiger partial charge on any atom is 0.303 e. The minimum absolute atomic E-state index is 0. The lowest BCUT2D eigenvalue weighted by Gasteiger charge is -2.29. The zero-order valence-corrected chi connectivity index (χ0v) is 13.2. The van der Waals surface area contributed by atoms with Gasteiger partial charge in [-0.05, 0) is 43.0 Å². The Morgan fingerprint density at radius 1 is 1.37 bits per heavy atom. The Balaban J connectivity index is 0.00000180. The van der Waals surface area contributed by atoms with E-state index in [4.69, 9.17) is 5.11 Å². The molecule has 0 bridgehead atoms. The average Bonchev–Trinajstić information content (AvgIpc) is 2.35. The van der Waals surface area contributed by atoms with Crippen molar-refractivity contribution in [1.82, 2.24) is 4.90 Å². The highest BCUT2D eigenvalue weighted by Crippen LogP contribution is 2.26. The van der Waals surface area contributed by atoms with Gasteiger partial charge in [0.25, 0.3) is 0 Å². The number of hydrogen-bond acceptors (Lipinski definition) is 2. The molecule has 5 heteroatoms. The Bertz CT molecular complexity index is 439. The molecule has 0 saturated heterocycles. The molecule has 0 radical (unpaired) electrons. The Hall–Kier alpha value is -0.580. The van der Waals surface area contributed by atoms with E-state index < -0.39 is 5.97 Å². The number of hydrogen-bond donors (Lipinski definition) is 1. The molecule has 19 heavy (non-hydrogen) atoms. The lowest BCUT2D eigenvalue weighted by molar-refractivity contribution is -0.137. The Kier molecular flexibility index (Phi) is 6.83. The Morgan fingerprint density at radius 3 is 2.89 bits per heavy atom. The molecule has 0 saturated carbocycles. The van der Waals surface area contributed by atoms with Crippen molar-refractivity contribution >= 4 is 34.3 Å². The SMILES string of the molecule is Cl.O=C(O)CCCCN1CCc2cccc(Br)c2C1. The lowest BCUT2D eigenvalue weighted by Crippen LogP contribution is -2.31. The van der Waals surface area contributed by atoms with Gasteiger partial charge in [0.15, 0.2) is 0 Å². The summed E-state index contributed by atoms with van der Waals surface area (Å²) in [6.07, 6.45) is 3.11. The largest absolute Gasteiger partial charge is 0.481 e. The molecule has 2 rings (SSSR count). The number of carbonyl (C=O) groups is 1. The summed E-state index contributed by atoms with van der Waals surface area (Å²) in [5.74, 6) is -0.693. The molecule has 3 nitrogen and oxygen atoms in total. The highest BCUT2D eigenvalue weighted by Gasteiger charge is 2.17. The maximum absolute atomic E-state index is 10.4. The molecule has 1 N–H and O–H groups in total. The van der Waals surface area contributed by atoms with Crippen molar-refractivity contribution in [3.8, 4) is 0 Å². The van der Waals surface area contributed by atoms with Crippen molar-refractivity contribution in [3.05, 3.63) is 33.8 Å². The molecule has 0 fully saturated rings. The third-order valence-corrected chi connectivity index (χ3v) is 4.15. The number of aliphatic carboxylic acids is 1. The van der Waals surface area contributed by atoms with Crippen molar-refractivity contribution in [3.63, 3.8) is 0 Å². The van der Waals surface area contributed by atoms with E-state index >= 15 is 0 Å². The van der Waals surface area contributed by atoms with Crippen LogP contribution in [-0.2, 0) is 17.8 Å². The standard InChI is InChI=1S/C14H18BrNO2.ClH/c15-13-5-3-4-11-7-9-16(10-12(11)13)8-2-1-6-14(17)18;/h3-5H,1-2,6-10H2,(H,17,18);1H. The number of fused-ring (bicyclic) bond motifs is 1. The Labute approximate surface area is 128 Å². The zero-order valence-electron chi connectivity index (χ0n) is 10.8. The van der Waals surface area contributed by atoms with Crippen LogP contribution in [-0.4, -0.2) is 29.1 Å². The van der Waals surface area contributed by atoms with Crippen LogP contribution < -0.4 is 0 Å². The summed E-state index contributed by atoms with van der Waals surface area (Å²) < 4.78 is 1.19. The van der Waals surface area contributed by atoms with Crippen LogP contribution in [0.25, 0.3) is 0 Å². The van der Waals surface area contributed by atoms with Gasteiger partial charge in [-0.15, -0.1) is 12.4 Å². The second-order valence-corrected chi connectivity index (χ2v) is 5.61. The van der Waals surface area contributed by atoms with Crippen LogP contribution in [0.5, 0.6) is 0 Å². The van der Waals surface area contributed by atoms with E-state index in [-0.39, 0.29) is 18.8 Å². The van der Waals surface area contributed by atoms with Gasteiger partial charge < -0.3 is 5.11 Å². The van der Waals surface area contributed by atoms with Gasteiger partial charge in [-0.25, -0.2) is 0 Å². The van der Waals surface area contributed by atoms with Crippen molar-refractivity contribution in [2.24, 2.45) is 0 Å². The smallest absolute Gasteiger partial charge is 0.303 e. The van der Waals surface area contributed by atoms with Crippen LogP contribution in [0.3, 0.4) is 0 Å². The number of nitrogens with zero attached hydrogens (tertiary/aromatic N) is 1. The maximum atomic E-state index is 10.4.